The minimum Gasteiger partial charge on any atom is -0.379 e. The minimum absolute atomic E-state index is 0. The summed E-state index contributed by atoms with van der Waals surface area (Å²) in [5, 5.41) is 51.9. The maximum atomic E-state index is 16.1. The normalized spacial score (nSPS) is 15.2. The fraction of sp³-hybridized carbons (Fsp3) is 0.265. The van der Waals surface area contributed by atoms with Gasteiger partial charge < -0.3 is 25.1 Å². The van der Waals surface area contributed by atoms with Crippen LogP contribution >= 0.6 is 15.9 Å². The number of hydrogen-bond donors (Lipinski definition) is 3. The summed E-state index contributed by atoms with van der Waals surface area (Å²) in [4.78, 5) is 11.4. The van der Waals surface area contributed by atoms with Gasteiger partial charge in [-0.3, -0.25) is 9.97 Å². The number of alkyl halides is 7. The topological polar surface area (TPSA) is 180 Å². The first-order valence-corrected chi connectivity index (χ1v) is 23.0. The van der Waals surface area contributed by atoms with E-state index in [2.05, 4.69) is 56.9 Å². The molecule has 28 heteroatoms. The van der Waals surface area contributed by atoms with E-state index in [1.54, 1.807) is 12.1 Å². The standard InChI is InChI=1S/C33H27F8N7O2.C15H10BrF4N5O.CH4/c34-22-4-9-26(28(36)15-22)31(50,18-48-19-43-44-45-48)32(37,38)29-10-3-21(17-42-29)20-1-5-23(6-2-20)46-11-13-47(14-12-46)24-7-8-25(27(35)16-24)30(49)33(39,40)41;16-9-1-4-13(21-6-9)15(19,20)14(26,7-25-8-22-23-24-25)11-3-2-10(17)5-12(11)18;/h1-10,15-17,19,30,49-50H,11-14,18H2;1-6,8,26H,7H2;1H4/t30?,31-;14-;/m00./s1. The molecule has 77 heavy (non-hydrogen) atoms. The third-order valence-corrected chi connectivity index (χ3v) is 12.8. The molecule has 4 aromatic heterocycles. The van der Waals surface area contributed by atoms with Crippen molar-refractivity contribution in [2.45, 2.75) is 55.8 Å². The van der Waals surface area contributed by atoms with Gasteiger partial charge in [0.15, 0.2) is 17.3 Å². The first-order valence-electron chi connectivity index (χ1n) is 22.2. The van der Waals surface area contributed by atoms with Crippen molar-refractivity contribution in [2.75, 3.05) is 36.0 Å². The summed E-state index contributed by atoms with van der Waals surface area (Å²) in [6.45, 7) is -0.00670. The van der Waals surface area contributed by atoms with Gasteiger partial charge in [-0.1, -0.05) is 31.7 Å². The molecule has 1 aliphatic rings. The van der Waals surface area contributed by atoms with Crippen molar-refractivity contribution in [1.29, 1.82) is 0 Å². The number of halogens is 13. The predicted molar refractivity (Wildman–Crippen MR) is 254 cm³/mol. The van der Waals surface area contributed by atoms with Crippen molar-refractivity contribution in [3.8, 4) is 11.1 Å². The summed E-state index contributed by atoms with van der Waals surface area (Å²) in [6.07, 6.45) is -3.68. The lowest BCUT2D eigenvalue weighted by molar-refractivity contribution is -0.207. The molecule has 0 amide bonds. The smallest absolute Gasteiger partial charge is 0.379 e. The second-order valence-corrected chi connectivity index (χ2v) is 18.0. The number of aliphatic hydroxyl groups is 3. The Morgan fingerprint density at radius 2 is 0.987 bits per heavy atom. The van der Waals surface area contributed by atoms with E-state index in [4.69, 9.17) is 0 Å². The van der Waals surface area contributed by atoms with E-state index in [9.17, 15) is 50.4 Å². The molecule has 3 N–H and O–H groups in total. The molecular weight excluding hydrogens is 1110 g/mol. The number of pyridine rings is 2. The maximum Gasteiger partial charge on any atom is 0.418 e. The quantitative estimate of drug-likeness (QED) is 0.0879. The number of hydrogen-bond acceptors (Lipinski definition) is 13. The molecule has 1 fully saturated rings. The second-order valence-electron chi connectivity index (χ2n) is 17.1. The maximum absolute atomic E-state index is 16.1. The highest BCUT2D eigenvalue weighted by molar-refractivity contribution is 9.10. The zero-order chi connectivity index (χ0) is 54.8. The van der Waals surface area contributed by atoms with Crippen LogP contribution in [0, 0.1) is 29.1 Å². The molecule has 5 heterocycles. The molecule has 406 valence electrons. The van der Waals surface area contributed by atoms with Crippen LogP contribution in [0.15, 0.2) is 133 Å². The summed E-state index contributed by atoms with van der Waals surface area (Å²) < 4.78 is 173. The lowest BCUT2D eigenvalue weighted by atomic mass is 9.84. The highest BCUT2D eigenvalue weighted by Gasteiger charge is 2.59. The van der Waals surface area contributed by atoms with Crippen molar-refractivity contribution < 1.29 is 68.0 Å². The molecule has 8 aromatic rings. The molecular formula is C49H41BrF12N12O3. The number of aromatic nitrogens is 10. The summed E-state index contributed by atoms with van der Waals surface area (Å²) in [5.41, 5.74) is -8.35. The van der Waals surface area contributed by atoms with Gasteiger partial charge in [0.1, 0.15) is 53.1 Å². The van der Waals surface area contributed by atoms with Crippen LogP contribution in [-0.2, 0) is 36.1 Å². The monoisotopic (exact) mass is 1150 g/mol. The molecule has 0 spiro atoms. The van der Waals surface area contributed by atoms with E-state index in [-0.39, 0.29) is 7.43 Å². The Kier molecular flexibility index (Phi) is 16.8. The summed E-state index contributed by atoms with van der Waals surface area (Å²) >= 11 is 3.07. The van der Waals surface area contributed by atoms with Crippen molar-refractivity contribution in [2.24, 2.45) is 0 Å². The minimum atomic E-state index is -4.99. The number of benzene rings is 4. The van der Waals surface area contributed by atoms with Gasteiger partial charge in [-0.25, -0.2) is 31.3 Å². The predicted octanol–water partition coefficient (Wildman–Crippen LogP) is 9.18. The third kappa shape index (κ3) is 11.9. The van der Waals surface area contributed by atoms with E-state index < -0.39 is 106 Å². The summed E-state index contributed by atoms with van der Waals surface area (Å²) in [6, 6.07) is 18.8. The Labute approximate surface area is 437 Å². The van der Waals surface area contributed by atoms with Gasteiger partial charge in [-0.05, 0) is 109 Å². The second kappa shape index (κ2) is 22.6. The van der Waals surface area contributed by atoms with E-state index in [1.807, 2.05) is 21.9 Å². The van der Waals surface area contributed by atoms with Crippen LogP contribution in [-0.4, -0.2) is 98.1 Å². The van der Waals surface area contributed by atoms with Gasteiger partial charge in [0.25, 0.3) is 0 Å². The van der Waals surface area contributed by atoms with Crippen LogP contribution in [0.25, 0.3) is 11.1 Å². The van der Waals surface area contributed by atoms with Gasteiger partial charge >= 0.3 is 18.0 Å². The van der Waals surface area contributed by atoms with Gasteiger partial charge in [-0.2, -0.15) is 30.7 Å². The van der Waals surface area contributed by atoms with E-state index in [0.29, 0.717) is 59.6 Å². The van der Waals surface area contributed by atoms with Crippen LogP contribution in [0.3, 0.4) is 0 Å². The molecule has 1 aliphatic heterocycles. The average Bonchev–Trinajstić information content (AvgIpc) is 4.14. The van der Waals surface area contributed by atoms with Crippen LogP contribution in [0.4, 0.5) is 64.1 Å². The number of nitrogens with zero attached hydrogens (tertiary/aromatic N) is 12. The Hall–Kier alpha value is -7.56. The Morgan fingerprint density at radius 1 is 0.532 bits per heavy atom. The number of tetrazole rings is 2. The zero-order valence-corrected chi connectivity index (χ0v) is 40.2. The molecule has 0 aliphatic carbocycles. The van der Waals surface area contributed by atoms with E-state index in [0.717, 1.165) is 82.4 Å². The fourth-order valence-corrected chi connectivity index (χ4v) is 8.50. The van der Waals surface area contributed by atoms with Crippen LogP contribution < -0.4 is 9.80 Å². The number of aliphatic hydroxyl groups excluding tert-OH is 1. The van der Waals surface area contributed by atoms with Gasteiger partial charge in [0, 0.05) is 88.8 Å². The largest absolute Gasteiger partial charge is 0.418 e. The van der Waals surface area contributed by atoms with Crippen molar-refractivity contribution in [3.05, 3.63) is 190 Å². The molecule has 0 radical (unpaired) electrons. The summed E-state index contributed by atoms with van der Waals surface area (Å²) in [7, 11) is 0. The van der Waals surface area contributed by atoms with Crippen LogP contribution in [0.5, 0.6) is 0 Å². The summed E-state index contributed by atoms with van der Waals surface area (Å²) in [5.74, 6) is -14.1. The first kappa shape index (κ1) is 57.2. The SMILES string of the molecule is C.OC(c1ccc(N2CCN(c3ccc(-c4ccc(C(F)(F)[C@](O)(Cn5cnnn5)c5ccc(F)cc5F)nc4)cc3)CC2)cc1F)C(F)(F)F.O[C@@](Cn1cnnn1)(c1ccc(F)cc1F)C(F)(F)c1ccc(Br)cn1. The van der Waals surface area contributed by atoms with Gasteiger partial charge in [-0.15, -0.1) is 10.2 Å². The average molecular weight is 1150 g/mol. The molecule has 0 bridgehead atoms. The van der Waals surface area contributed by atoms with Gasteiger partial charge in [0.05, 0.1) is 13.1 Å². The number of rotatable bonds is 14. The number of anilines is 2. The lowest BCUT2D eigenvalue weighted by Gasteiger charge is -2.37. The van der Waals surface area contributed by atoms with Crippen LogP contribution in [0.1, 0.15) is 41.6 Å². The Bertz CT molecular complexity index is 3250. The molecule has 3 atom stereocenters. The molecule has 9 rings (SSSR count). The number of piperazine rings is 1. The highest BCUT2D eigenvalue weighted by atomic mass is 79.9. The zero-order valence-electron chi connectivity index (χ0n) is 38.6. The van der Waals surface area contributed by atoms with Gasteiger partial charge in [0.2, 0.25) is 0 Å². The van der Waals surface area contributed by atoms with Crippen LogP contribution in [0.2, 0.25) is 0 Å². The molecule has 1 unspecified atom stereocenters. The van der Waals surface area contributed by atoms with Crippen molar-refractivity contribution in [1.82, 2.24) is 50.4 Å². The Morgan fingerprint density at radius 3 is 1.39 bits per heavy atom. The molecule has 1 saturated heterocycles. The van der Waals surface area contributed by atoms with Crippen molar-refractivity contribution in [3.63, 3.8) is 0 Å². The first-order chi connectivity index (χ1) is 35.9. The molecule has 4 aromatic carbocycles. The highest BCUT2D eigenvalue weighted by Crippen LogP contribution is 2.48. The molecule has 0 saturated carbocycles. The van der Waals surface area contributed by atoms with E-state index >= 15 is 17.6 Å². The lowest BCUT2D eigenvalue weighted by Crippen LogP contribution is -2.48. The van der Waals surface area contributed by atoms with E-state index in [1.165, 1.54) is 24.4 Å². The Balaban J connectivity index is 0.000000268. The third-order valence-electron chi connectivity index (χ3n) is 12.3. The molecule has 15 nitrogen and oxygen atoms in total. The fourth-order valence-electron chi connectivity index (χ4n) is 8.27. The van der Waals surface area contributed by atoms with Crippen molar-refractivity contribution >= 4 is 27.3 Å².